The molecule has 0 bridgehead atoms. The molecule has 2 aromatic rings. The molecule has 20 heavy (non-hydrogen) atoms. The van der Waals surface area contributed by atoms with Crippen LogP contribution in [0.3, 0.4) is 0 Å². The second kappa shape index (κ2) is 5.33. The van der Waals surface area contributed by atoms with Crippen LogP contribution in [0.25, 0.3) is 0 Å². The minimum atomic E-state index is -3.39. The van der Waals surface area contributed by atoms with Crippen LogP contribution in [0.1, 0.15) is 6.92 Å². The van der Waals surface area contributed by atoms with Crippen molar-refractivity contribution in [1.82, 2.24) is 14.8 Å². The van der Waals surface area contributed by atoms with E-state index in [4.69, 9.17) is 5.73 Å². The number of nitrogen functional groups attached to an aromatic ring is 1. The van der Waals surface area contributed by atoms with Gasteiger partial charge in [0, 0.05) is 17.7 Å². The maximum atomic E-state index is 11.6. The third kappa shape index (κ3) is 2.73. The van der Waals surface area contributed by atoms with Crippen molar-refractivity contribution >= 4 is 27.3 Å². The topological polar surface area (TPSA) is 111 Å². The molecule has 0 spiro atoms. The summed E-state index contributed by atoms with van der Waals surface area (Å²) in [6.07, 6.45) is 1.10. The van der Waals surface area contributed by atoms with Crippen LogP contribution in [-0.2, 0) is 16.4 Å². The van der Waals surface area contributed by atoms with Gasteiger partial charge in [0.25, 0.3) is 0 Å². The summed E-state index contributed by atoms with van der Waals surface area (Å²) in [6, 6.07) is 4.75. The number of hydrogen-bond donors (Lipinski definition) is 2. The molecule has 7 nitrogen and oxygen atoms in total. The minimum Gasteiger partial charge on any atom is -0.397 e. The van der Waals surface area contributed by atoms with Crippen LogP contribution in [0, 0.1) is 0 Å². The predicted molar refractivity (Wildman–Crippen MR) is 76.6 cm³/mol. The number of anilines is 1. The molecule has 0 fully saturated rings. The smallest absolute Gasteiger partial charge is 0.343 e. The van der Waals surface area contributed by atoms with Crippen molar-refractivity contribution in [3.8, 4) is 0 Å². The van der Waals surface area contributed by atoms with Crippen molar-refractivity contribution in [3.05, 3.63) is 28.7 Å². The molecule has 9 heteroatoms. The maximum absolute atomic E-state index is 11.6. The lowest BCUT2D eigenvalue weighted by Gasteiger charge is -2.09. The Labute approximate surface area is 120 Å². The second-order valence-corrected chi connectivity index (χ2v) is 7.09. The van der Waals surface area contributed by atoms with E-state index in [0.717, 1.165) is 18.0 Å². The lowest BCUT2D eigenvalue weighted by atomic mass is 10.3. The average molecular weight is 314 g/mol. The first kappa shape index (κ1) is 14.7. The summed E-state index contributed by atoms with van der Waals surface area (Å²) in [6.45, 7) is 2.28. The molecule has 0 unspecified atom stereocenters. The summed E-state index contributed by atoms with van der Waals surface area (Å²) >= 11 is 1.15. The summed E-state index contributed by atoms with van der Waals surface area (Å²) in [5, 5.41) is 6.69. The Kier molecular flexibility index (Phi) is 3.91. The number of rotatable bonds is 4. The van der Waals surface area contributed by atoms with Crippen LogP contribution in [0.2, 0.25) is 0 Å². The predicted octanol–water partition coefficient (Wildman–Crippen LogP) is 0.728. The first-order valence-electron chi connectivity index (χ1n) is 5.76. The highest BCUT2D eigenvalue weighted by molar-refractivity contribution is 7.99. The van der Waals surface area contributed by atoms with Crippen molar-refractivity contribution in [2.75, 3.05) is 12.0 Å². The lowest BCUT2D eigenvalue weighted by Crippen LogP contribution is -2.16. The van der Waals surface area contributed by atoms with Gasteiger partial charge in [-0.05, 0) is 30.8 Å². The largest absolute Gasteiger partial charge is 0.397 e. The van der Waals surface area contributed by atoms with E-state index in [0.29, 0.717) is 16.6 Å². The highest BCUT2D eigenvalue weighted by Gasteiger charge is 2.16. The van der Waals surface area contributed by atoms with Crippen LogP contribution in [0.4, 0.5) is 5.69 Å². The van der Waals surface area contributed by atoms with Crippen molar-refractivity contribution in [3.63, 3.8) is 0 Å². The third-order valence-corrected chi connectivity index (χ3v) is 4.89. The molecule has 2 rings (SSSR count). The molecule has 1 heterocycles. The number of aromatic amines is 1. The number of H-pyrrole nitrogens is 1. The molecule has 0 aliphatic heterocycles. The number of nitrogens with one attached hydrogen (secondary N) is 1. The van der Waals surface area contributed by atoms with E-state index in [1.807, 2.05) is 6.92 Å². The molecule has 0 radical (unpaired) electrons. The van der Waals surface area contributed by atoms with Crippen LogP contribution in [0.5, 0.6) is 0 Å². The zero-order valence-electron chi connectivity index (χ0n) is 11.0. The quantitative estimate of drug-likeness (QED) is 0.805. The summed E-state index contributed by atoms with van der Waals surface area (Å²) in [5.74, 6) is 0. The Morgan fingerprint density at radius 3 is 2.75 bits per heavy atom. The van der Waals surface area contributed by atoms with Gasteiger partial charge in [-0.25, -0.2) is 18.3 Å². The highest BCUT2D eigenvalue weighted by atomic mass is 32.2. The Bertz CT molecular complexity index is 792. The summed E-state index contributed by atoms with van der Waals surface area (Å²) in [5.41, 5.74) is 5.74. The molecule has 0 amide bonds. The fourth-order valence-electron chi connectivity index (χ4n) is 1.69. The fraction of sp³-hybridized carbons (Fsp3) is 0.273. The zero-order chi connectivity index (χ0) is 14.9. The van der Waals surface area contributed by atoms with E-state index >= 15 is 0 Å². The molecule has 0 atom stereocenters. The van der Waals surface area contributed by atoms with E-state index in [2.05, 4.69) is 10.2 Å². The first-order valence-corrected chi connectivity index (χ1v) is 8.47. The standard InChI is InChI=1S/C11H14N4O3S2/c1-3-15-10(16)13-14-11(15)19-7-5-4-6-8(9(7)12)20(2,17)18/h4-6H,3,12H2,1-2H3,(H,13,16). The molecule has 0 aliphatic rings. The van der Waals surface area contributed by atoms with Crippen molar-refractivity contribution in [2.45, 2.75) is 28.4 Å². The van der Waals surface area contributed by atoms with E-state index in [9.17, 15) is 13.2 Å². The molecular formula is C11H14N4O3S2. The van der Waals surface area contributed by atoms with Gasteiger partial charge >= 0.3 is 5.69 Å². The lowest BCUT2D eigenvalue weighted by molar-refractivity contribution is 0.602. The van der Waals surface area contributed by atoms with Gasteiger partial charge in [0.1, 0.15) is 0 Å². The molecule has 0 saturated carbocycles. The Morgan fingerprint density at radius 1 is 1.45 bits per heavy atom. The number of sulfone groups is 1. The molecular weight excluding hydrogens is 300 g/mol. The van der Waals surface area contributed by atoms with Gasteiger partial charge in [0.2, 0.25) is 0 Å². The summed E-state index contributed by atoms with van der Waals surface area (Å²) < 4.78 is 24.7. The Hall–Kier alpha value is -1.74. The van der Waals surface area contributed by atoms with E-state index < -0.39 is 9.84 Å². The normalized spacial score (nSPS) is 11.7. The van der Waals surface area contributed by atoms with E-state index in [-0.39, 0.29) is 16.3 Å². The Morgan fingerprint density at radius 2 is 2.15 bits per heavy atom. The molecule has 1 aromatic heterocycles. The van der Waals surface area contributed by atoms with Gasteiger partial charge in [0.05, 0.1) is 10.6 Å². The summed E-state index contributed by atoms with van der Waals surface area (Å²) in [7, 11) is -3.39. The molecule has 1 aromatic carbocycles. The number of para-hydroxylation sites is 1. The summed E-state index contributed by atoms with van der Waals surface area (Å²) in [4.78, 5) is 12.1. The number of nitrogens with two attached hydrogens (primary N) is 1. The number of aromatic nitrogens is 3. The van der Waals surface area contributed by atoms with Crippen LogP contribution in [0.15, 0.2) is 37.9 Å². The van der Waals surface area contributed by atoms with Gasteiger partial charge in [-0.1, -0.05) is 6.07 Å². The minimum absolute atomic E-state index is 0.0726. The monoisotopic (exact) mass is 314 g/mol. The maximum Gasteiger partial charge on any atom is 0.343 e. The third-order valence-electron chi connectivity index (χ3n) is 2.67. The number of hydrogen-bond acceptors (Lipinski definition) is 6. The molecule has 0 saturated heterocycles. The van der Waals surface area contributed by atoms with Crippen LogP contribution < -0.4 is 11.4 Å². The highest BCUT2D eigenvalue weighted by Crippen LogP contribution is 2.33. The van der Waals surface area contributed by atoms with Crippen molar-refractivity contribution in [2.24, 2.45) is 0 Å². The van der Waals surface area contributed by atoms with Gasteiger partial charge in [-0.3, -0.25) is 4.57 Å². The zero-order valence-corrected chi connectivity index (χ0v) is 12.6. The second-order valence-electron chi connectivity index (χ2n) is 4.10. The molecule has 3 N–H and O–H groups in total. The first-order chi connectivity index (χ1) is 9.34. The molecule has 0 aliphatic carbocycles. The van der Waals surface area contributed by atoms with Gasteiger partial charge in [-0.15, -0.1) is 5.10 Å². The Balaban J connectivity index is 2.47. The van der Waals surface area contributed by atoms with Crippen LogP contribution in [-0.4, -0.2) is 29.4 Å². The average Bonchev–Trinajstić information content (AvgIpc) is 2.71. The van der Waals surface area contributed by atoms with Gasteiger partial charge in [-0.2, -0.15) is 0 Å². The van der Waals surface area contributed by atoms with Crippen molar-refractivity contribution < 1.29 is 8.42 Å². The molecule has 108 valence electrons. The van der Waals surface area contributed by atoms with Gasteiger partial charge < -0.3 is 5.73 Å². The van der Waals surface area contributed by atoms with E-state index in [1.54, 1.807) is 12.1 Å². The van der Waals surface area contributed by atoms with E-state index in [1.165, 1.54) is 10.6 Å². The SMILES string of the molecule is CCn1c(Sc2cccc(S(C)(=O)=O)c2N)n[nH]c1=O. The number of benzene rings is 1. The number of nitrogens with zero attached hydrogens (tertiary/aromatic N) is 2. The van der Waals surface area contributed by atoms with Gasteiger partial charge in [0.15, 0.2) is 15.0 Å². The van der Waals surface area contributed by atoms with Crippen LogP contribution >= 0.6 is 11.8 Å². The fourth-order valence-corrected chi connectivity index (χ4v) is 3.57. The van der Waals surface area contributed by atoms with Crippen molar-refractivity contribution in [1.29, 1.82) is 0 Å².